The van der Waals surface area contributed by atoms with Gasteiger partial charge in [-0.3, -0.25) is 0 Å². The Morgan fingerprint density at radius 3 is 2.52 bits per heavy atom. The largest absolute Gasteiger partial charge is 0.497 e. The van der Waals surface area contributed by atoms with Crippen molar-refractivity contribution in [3.05, 3.63) is 83.9 Å². The summed E-state index contributed by atoms with van der Waals surface area (Å²) in [6, 6.07) is 18.7. The topological polar surface area (TPSA) is 79.4 Å². The number of aryl methyl sites for hydroxylation is 1. The lowest BCUT2D eigenvalue weighted by Crippen LogP contribution is -2.06. The molecule has 0 aliphatic heterocycles. The predicted octanol–water partition coefficient (Wildman–Crippen LogP) is 4.20. The summed E-state index contributed by atoms with van der Waals surface area (Å²) in [5.74, 6) is 0.896. The summed E-state index contributed by atoms with van der Waals surface area (Å²) in [7, 11) is 1.60. The Balaban J connectivity index is 1.67. The molecule has 4 rings (SSSR count). The lowest BCUT2D eigenvalue weighted by atomic mass is 10.1. The Labute approximate surface area is 167 Å². The van der Waals surface area contributed by atoms with Crippen molar-refractivity contribution >= 4 is 5.97 Å². The van der Waals surface area contributed by atoms with Gasteiger partial charge in [0.15, 0.2) is 0 Å². The van der Waals surface area contributed by atoms with E-state index in [1.165, 1.54) is 0 Å². The molecule has 0 N–H and O–H groups in total. The fraction of sp³-hybridized carbons (Fsp3) is 0.136. The normalized spacial score (nSPS) is 10.7. The summed E-state index contributed by atoms with van der Waals surface area (Å²) in [6.07, 6.45) is 1.67. The summed E-state index contributed by atoms with van der Waals surface area (Å²) in [6.45, 7) is 1.80. The number of hydrogen-bond donors (Lipinski definition) is 0. The van der Waals surface area contributed by atoms with Crippen molar-refractivity contribution in [1.82, 2.24) is 14.9 Å². The summed E-state index contributed by atoms with van der Waals surface area (Å²) >= 11 is 0. The van der Waals surface area contributed by atoms with Crippen molar-refractivity contribution in [2.24, 2.45) is 0 Å². The van der Waals surface area contributed by atoms with Crippen LogP contribution in [0.5, 0.6) is 5.75 Å². The monoisotopic (exact) mass is 389 g/mol. The zero-order valence-corrected chi connectivity index (χ0v) is 16.0. The third-order valence-corrected chi connectivity index (χ3v) is 4.35. The van der Waals surface area contributed by atoms with Crippen LogP contribution in [0.15, 0.2) is 71.4 Å². The SMILES string of the molecule is COc1ccc(-c2nn(-c3ccccc3)cc2C(=O)OCc2cc(C)on2)cc1. The Morgan fingerprint density at radius 1 is 1.10 bits per heavy atom. The van der Waals surface area contributed by atoms with E-state index in [9.17, 15) is 4.79 Å². The number of aromatic nitrogens is 3. The van der Waals surface area contributed by atoms with E-state index in [2.05, 4.69) is 10.3 Å². The molecule has 4 aromatic rings. The van der Waals surface area contributed by atoms with Crippen LogP contribution in [-0.2, 0) is 11.3 Å². The summed E-state index contributed by atoms with van der Waals surface area (Å²) < 4.78 is 17.3. The first kappa shape index (κ1) is 18.5. The average molecular weight is 389 g/mol. The molecule has 146 valence electrons. The van der Waals surface area contributed by atoms with E-state index in [0.717, 1.165) is 17.0 Å². The van der Waals surface area contributed by atoms with Gasteiger partial charge in [0.05, 0.1) is 12.8 Å². The van der Waals surface area contributed by atoms with Crippen LogP contribution < -0.4 is 4.74 Å². The van der Waals surface area contributed by atoms with Crippen molar-refractivity contribution in [3.8, 4) is 22.7 Å². The van der Waals surface area contributed by atoms with E-state index in [0.29, 0.717) is 22.7 Å². The third-order valence-electron chi connectivity index (χ3n) is 4.35. The van der Waals surface area contributed by atoms with Gasteiger partial charge in [-0.15, -0.1) is 0 Å². The van der Waals surface area contributed by atoms with Crippen LogP contribution in [-0.4, -0.2) is 28.0 Å². The van der Waals surface area contributed by atoms with E-state index in [1.54, 1.807) is 31.0 Å². The number of ether oxygens (including phenoxy) is 2. The molecule has 2 aromatic carbocycles. The van der Waals surface area contributed by atoms with Gasteiger partial charge in [-0.1, -0.05) is 23.4 Å². The highest BCUT2D eigenvalue weighted by molar-refractivity contribution is 5.96. The van der Waals surface area contributed by atoms with E-state index in [-0.39, 0.29) is 6.61 Å². The maximum atomic E-state index is 12.8. The highest BCUT2D eigenvalue weighted by Crippen LogP contribution is 2.26. The minimum Gasteiger partial charge on any atom is -0.497 e. The first-order valence-electron chi connectivity index (χ1n) is 9.03. The molecule has 0 aliphatic rings. The van der Waals surface area contributed by atoms with Crippen LogP contribution in [0.3, 0.4) is 0 Å². The summed E-state index contributed by atoms with van der Waals surface area (Å²) in [5, 5.41) is 8.47. The number of esters is 1. The molecule has 0 amide bonds. The molecular weight excluding hydrogens is 370 g/mol. The first-order valence-corrected chi connectivity index (χ1v) is 9.03. The zero-order chi connectivity index (χ0) is 20.2. The lowest BCUT2D eigenvalue weighted by molar-refractivity contribution is 0.0465. The highest BCUT2D eigenvalue weighted by Gasteiger charge is 2.20. The molecule has 0 aliphatic carbocycles. The molecule has 2 heterocycles. The van der Waals surface area contributed by atoms with E-state index in [4.69, 9.17) is 14.0 Å². The van der Waals surface area contributed by atoms with Crippen molar-refractivity contribution in [2.75, 3.05) is 7.11 Å². The van der Waals surface area contributed by atoms with E-state index < -0.39 is 5.97 Å². The van der Waals surface area contributed by atoms with E-state index >= 15 is 0 Å². The van der Waals surface area contributed by atoms with Crippen molar-refractivity contribution in [1.29, 1.82) is 0 Å². The van der Waals surface area contributed by atoms with Gasteiger partial charge in [0.2, 0.25) is 0 Å². The molecule has 29 heavy (non-hydrogen) atoms. The molecular formula is C22H19N3O4. The Kier molecular flexibility index (Phi) is 5.11. The van der Waals surface area contributed by atoms with Gasteiger partial charge in [0, 0.05) is 17.8 Å². The second-order valence-electron chi connectivity index (χ2n) is 6.41. The Morgan fingerprint density at radius 2 is 1.86 bits per heavy atom. The molecule has 0 saturated carbocycles. The Hall–Kier alpha value is -3.87. The zero-order valence-electron chi connectivity index (χ0n) is 16.0. The van der Waals surface area contributed by atoms with Crippen LogP contribution >= 0.6 is 0 Å². The maximum absolute atomic E-state index is 12.8. The number of carbonyl (C=O) groups is 1. The first-order chi connectivity index (χ1) is 14.1. The maximum Gasteiger partial charge on any atom is 0.342 e. The molecule has 0 fully saturated rings. The smallest absolute Gasteiger partial charge is 0.342 e. The van der Waals surface area contributed by atoms with E-state index in [1.807, 2.05) is 54.6 Å². The molecule has 0 bridgehead atoms. The fourth-order valence-electron chi connectivity index (χ4n) is 2.90. The third kappa shape index (κ3) is 4.03. The minimum absolute atomic E-state index is 0.0226. The summed E-state index contributed by atoms with van der Waals surface area (Å²) in [4.78, 5) is 12.8. The van der Waals surface area contributed by atoms with Gasteiger partial charge in [-0.25, -0.2) is 9.48 Å². The predicted molar refractivity (Wildman–Crippen MR) is 106 cm³/mol. The molecule has 0 radical (unpaired) electrons. The molecule has 7 nitrogen and oxygen atoms in total. The molecule has 0 spiro atoms. The average Bonchev–Trinajstić information content (AvgIpc) is 3.39. The van der Waals surface area contributed by atoms with Crippen LogP contribution in [0.1, 0.15) is 21.8 Å². The second kappa shape index (κ2) is 8.02. The van der Waals surface area contributed by atoms with Crippen LogP contribution in [0.4, 0.5) is 0 Å². The molecule has 0 atom stereocenters. The number of para-hydroxylation sites is 1. The Bertz CT molecular complexity index is 1110. The van der Waals surface area contributed by atoms with Gasteiger partial charge >= 0.3 is 5.97 Å². The lowest BCUT2D eigenvalue weighted by Gasteiger charge is -2.04. The van der Waals surface area contributed by atoms with Crippen LogP contribution in [0.2, 0.25) is 0 Å². The molecule has 2 aromatic heterocycles. The molecule has 0 unspecified atom stereocenters. The van der Waals surface area contributed by atoms with Gasteiger partial charge in [-0.2, -0.15) is 5.10 Å². The van der Waals surface area contributed by atoms with Gasteiger partial charge in [0.1, 0.15) is 35.1 Å². The van der Waals surface area contributed by atoms with Crippen LogP contribution in [0, 0.1) is 6.92 Å². The quantitative estimate of drug-likeness (QED) is 0.460. The van der Waals surface area contributed by atoms with Gasteiger partial charge in [-0.05, 0) is 43.3 Å². The summed E-state index contributed by atoms with van der Waals surface area (Å²) in [5.41, 5.74) is 3.06. The second-order valence-corrected chi connectivity index (χ2v) is 6.41. The number of benzene rings is 2. The number of hydrogen-bond acceptors (Lipinski definition) is 6. The number of carbonyl (C=O) groups excluding carboxylic acids is 1. The standard InChI is InChI=1S/C22H19N3O4/c1-15-12-17(24-29-15)14-28-22(26)20-13-25(18-6-4-3-5-7-18)23-21(20)16-8-10-19(27-2)11-9-16/h3-13H,14H2,1-2H3. The number of methoxy groups -OCH3 is 1. The van der Waals surface area contributed by atoms with Crippen molar-refractivity contribution in [2.45, 2.75) is 13.5 Å². The minimum atomic E-state index is -0.487. The van der Waals surface area contributed by atoms with Crippen LogP contribution in [0.25, 0.3) is 16.9 Å². The van der Waals surface area contributed by atoms with Gasteiger partial charge < -0.3 is 14.0 Å². The number of nitrogens with zero attached hydrogens (tertiary/aromatic N) is 3. The fourth-order valence-corrected chi connectivity index (χ4v) is 2.90. The molecule has 0 saturated heterocycles. The van der Waals surface area contributed by atoms with Crippen molar-refractivity contribution in [3.63, 3.8) is 0 Å². The number of rotatable bonds is 6. The highest BCUT2D eigenvalue weighted by atomic mass is 16.5. The molecule has 7 heteroatoms. The van der Waals surface area contributed by atoms with Crippen molar-refractivity contribution < 1.29 is 18.8 Å². The van der Waals surface area contributed by atoms with Gasteiger partial charge in [0.25, 0.3) is 0 Å².